The summed E-state index contributed by atoms with van der Waals surface area (Å²) in [5, 5.41) is 7.15. The highest BCUT2D eigenvalue weighted by Gasteiger charge is 2.17. The van der Waals surface area contributed by atoms with Crippen molar-refractivity contribution >= 4 is 17.2 Å². The molecule has 1 atom stereocenters. The van der Waals surface area contributed by atoms with Gasteiger partial charge in [-0.3, -0.25) is 4.79 Å². The van der Waals surface area contributed by atoms with Gasteiger partial charge in [-0.15, -0.1) is 0 Å². The van der Waals surface area contributed by atoms with Gasteiger partial charge in [-0.25, -0.2) is 0 Å². The Morgan fingerprint density at radius 1 is 0.857 bits per heavy atom. The molecule has 4 nitrogen and oxygen atoms in total. The van der Waals surface area contributed by atoms with Crippen molar-refractivity contribution in [2.45, 2.75) is 39.7 Å². The topological polar surface area (TPSA) is 44.4 Å². The van der Waals surface area contributed by atoms with Gasteiger partial charge in [-0.05, 0) is 93.2 Å². The maximum absolute atomic E-state index is 12.8. The van der Waals surface area contributed by atoms with Crippen LogP contribution in [0.1, 0.15) is 66.7 Å². The van der Waals surface area contributed by atoms with Crippen molar-refractivity contribution in [3.8, 4) is 0 Å². The minimum atomic E-state index is 0.0960. The molecule has 2 N–H and O–H groups in total. The lowest BCUT2D eigenvalue weighted by Gasteiger charge is -2.23. The predicted octanol–water partition coefficient (Wildman–Crippen LogP) is 6.53. The van der Waals surface area contributed by atoms with E-state index in [2.05, 4.69) is 84.3 Å². The highest BCUT2D eigenvalue weighted by Crippen LogP contribution is 2.33. The molecule has 1 amide bonds. The highest BCUT2D eigenvalue weighted by molar-refractivity contribution is 5.95. The van der Waals surface area contributed by atoms with Crippen LogP contribution in [0.4, 0.5) is 5.69 Å². The van der Waals surface area contributed by atoms with E-state index in [1.54, 1.807) is 0 Å². The average Bonchev–Trinajstić information content (AvgIpc) is 2.91. The first-order valence-electron chi connectivity index (χ1n) is 12.8. The largest absolute Gasteiger partial charge is 0.379 e. The fourth-order valence-electron chi connectivity index (χ4n) is 4.87. The third-order valence-electron chi connectivity index (χ3n) is 6.87. The van der Waals surface area contributed by atoms with Gasteiger partial charge in [0.15, 0.2) is 0 Å². The van der Waals surface area contributed by atoms with Crippen LogP contribution < -0.4 is 10.6 Å². The molecule has 1 aliphatic heterocycles. The number of piperidine rings is 1. The lowest BCUT2D eigenvalue weighted by atomic mass is 9.88. The smallest absolute Gasteiger partial charge is 0.253 e. The molecule has 3 aromatic rings. The molecule has 182 valence electrons. The minimum absolute atomic E-state index is 0.0960. The summed E-state index contributed by atoms with van der Waals surface area (Å²) in [4.78, 5) is 14.7. The zero-order valence-electron chi connectivity index (χ0n) is 21.2. The molecule has 3 aromatic carbocycles. The van der Waals surface area contributed by atoms with Crippen molar-refractivity contribution in [1.82, 2.24) is 10.2 Å². The third kappa shape index (κ3) is 6.01. The summed E-state index contributed by atoms with van der Waals surface area (Å²) in [5.74, 6) is 0.0960. The lowest BCUT2D eigenvalue weighted by molar-refractivity contribution is 0.0773. The van der Waals surface area contributed by atoms with Crippen molar-refractivity contribution in [2.75, 3.05) is 31.5 Å². The number of hydrogen-bond acceptors (Lipinski definition) is 3. The second-order valence-electron chi connectivity index (χ2n) is 9.14. The van der Waals surface area contributed by atoms with Crippen molar-refractivity contribution < 1.29 is 4.79 Å². The number of nitrogens with one attached hydrogen (secondary N) is 2. The van der Waals surface area contributed by atoms with Crippen LogP contribution in [-0.2, 0) is 0 Å². The first-order valence-corrected chi connectivity index (χ1v) is 12.8. The molecule has 1 aliphatic rings. The summed E-state index contributed by atoms with van der Waals surface area (Å²) in [7, 11) is 0. The predicted molar refractivity (Wildman–Crippen MR) is 147 cm³/mol. The second-order valence-corrected chi connectivity index (χ2v) is 9.14. The van der Waals surface area contributed by atoms with Gasteiger partial charge in [0.05, 0.1) is 0 Å². The quantitative estimate of drug-likeness (QED) is 0.396. The lowest BCUT2D eigenvalue weighted by Crippen LogP contribution is -2.30. The minimum Gasteiger partial charge on any atom is -0.379 e. The fraction of sp³-hybridized carbons (Fsp3) is 0.323. The fourth-order valence-corrected chi connectivity index (χ4v) is 4.87. The molecule has 35 heavy (non-hydrogen) atoms. The number of nitrogens with zero attached hydrogens (tertiary/aromatic N) is 1. The number of carbonyl (C=O) groups excluding carboxylic acids is 1. The molecule has 4 rings (SSSR count). The molecule has 0 unspecified atom stereocenters. The molecule has 1 heterocycles. The molecule has 1 fully saturated rings. The molecule has 0 spiro atoms. The van der Waals surface area contributed by atoms with Crippen molar-refractivity contribution in [2.24, 2.45) is 0 Å². The third-order valence-corrected chi connectivity index (χ3v) is 6.87. The van der Waals surface area contributed by atoms with Crippen LogP contribution in [0.2, 0.25) is 0 Å². The van der Waals surface area contributed by atoms with Crippen LogP contribution in [0.5, 0.6) is 0 Å². The van der Waals surface area contributed by atoms with Crippen LogP contribution in [-0.4, -0.2) is 37.0 Å². The number of anilines is 1. The first-order chi connectivity index (χ1) is 17.1. The summed E-state index contributed by atoms with van der Waals surface area (Å²) in [6.07, 6.45) is 2.07. The van der Waals surface area contributed by atoms with Crippen molar-refractivity contribution in [1.29, 1.82) is 0 Å². The average molecular weight is 468 g/mol. The van der Waals surface area contributed by atoms with E-state index >= 15 is 0 Å². The molecular weight excluding hydrogens is 430 g/mol. The second kappa shape index (κ2) is 11.9. The molecule has 0 radical (unpaired) electrons. The molecule has 1 saturated heterocycles. The number of carbonyl (C=O) groups is 1. The van der Waals surface area contributed by atoms with Gasteiger partial charge in [0, 0.05) is 30.4 Å². The summed E-state index contributed by atoms with van der Waals surface area (Å²) in [6.45, 7) is 9.69. The Hall–Kier alpha value is -3.37. The van der Waals surface area contributed by atoms with E-state index in [4.69, 9.17) is 0 Å². The van der Waals surface area contributed by atoms with Crippen LogP contribution in [0.25, 0.3) is 5.57 Å². The van der Waals surface area contributed by atoms with E-state index in [9.17, 15) is 4.79 Å². The zero-order chi connectivity index (χ0) is 24.6. The highest BCUT2D eigenvalue weighted by atomic mass is 16.2. The van der Waals surface area contributed by atoms with Crippen LogP contribution in [0.15, 0.2) is 84.4 Å². The Bertz CT molecular complexity index is 1140. The summed E-state index contributed by atoms with van der Waals surface area (Å²) < 4.78 is 0. The maximum Gasteiger partial charge on any atom is 0.253 e. The summed E-state index contributed by atoms with van der Waals surface area (Å²) >= 11 is 0. The van der Waals surface area contributed by atoms with E-state index in [-0.39, 0.29) is 11.9 Å². The Morgan fingerprint density at radius 2 is 1.51 bits per heavy atom. The molecule has 0 aliphatic carbocycles. The Labute approximate surface area is 210 Å². The molecular formula is C31H37N3O. The van der Waals surface area contributed by atoms with E-state index in [0.29, 0.717) is 0 Å². The van der Waals surface area contributed by atoms with Crippen molar-refractivity contribution in [3.05, 3.63) is 107 Å². The Morgan fingerprint density at radius 3 is 2.17 bits per heavy atom. The first kappa shape index (κ1) is 24.7. The molecule has 0 bridgehead atoms. The standard InChI is InChI=1S/C31H37N3O/c1-4-34(5-2)31(35)27-16-14-25(15-17-27)30(26-18-20-32-21-19-26)28-12-9-13-29(22-28)33-23(3)24-10-7-6-8-11-24/h6-17,22-23,32-33H,4-5,18-21H2,1-3H3/t23-/m1/s1. The van der Waals surface area contributed by atoms with E-state index in [0.717, 1.165) is 50.3 Å². The Balaban J connectivity index is 1.66. The number of amides is 1. The number of hydrogen-bond donors (Lipinski definition) is 2. The van der Waals surface area contributed by atoms with Gasteiger partial charge in [-0.2, -0.15) is 0 Å². The number of rotatable bonds is 8. The van der Waals surface area contributed by atoms with Crippen molar-refractivity contribution in [3.63, 3.8) is 0 Å². The maximum atomic E-state index is 12.8. The van der Waals surface area contributed by atoms with Crippen LogP contribution >= 0.6 is 0 Å². The van der Waals surface area contributed by atoms with Gasteiger partial charge in [-0.1, -0.05) is 60.2 Å². The van der Waals surface area contributed by atoms with E-state index in [1.807, 2.05) is 30.9 Å². The summed E-state index contributed by atoms with van der Waals surface area (Å²) in [6, 6.07) is 27.7. The van der Waals surface area contributed by atoms with Gasteiger partial charge in [0.1, 0.15) is 0 Å². The molecule has 0 aromatic heterocycles. The van der Waals surface area contributed by atoms with Gasteiger partial charge in [0.25, 0.3) is 5.91 Å². The van der Waals surface area contributed by atoms with E-state index < -0.39 is 0 Å². The SMILES string of the molecule is CCN(CC)C(=O)c1ccc(C(=C2CCNCC2)c2cccc(N[C@H](C)c3ccccc3)c2)cc1. The van der Waals surface area contributed by atoms with Crippen LogP contribution in [0.3, 0.4) is 0 Å². The Kier molecular flexibility index (Phi) is 8.38. The molecule has 4 heteroatoms. The zero-order valence-corrected chi connectivity index (χ0v) is 21.2. The van der Waals surface area contributed by atoms with Gasteiger partial charge in [0.2, 0.25) is 0 Å². The molecule has 0 saturated carbocycles. The van der Waals surface area contributed by atoms with E-state index in [1.165, 1.54) is 27.8 Å². The summed E-state index contributed by atoms with van der Waals surface area (Å²) in [5.41, 5.74) is 8.28. The van der Waals surface area contributed by atoms with Gasteiger partial charge >= 0.3 is 0 Å². The van der Waals surface area contributed by atoms with Crippen LogP contribution in [0, 0.1) is 0 Å². The normalized spacial score (nSPS) is 14.3. The number of benzene rings is 3. The van der Waals surface area contributed by atoms with Gasteiger partial charge < -0.3 is 15.5 Å². The monoisotopic (exact) mass is 467 g/mol.